The lowest BCUT2D eigenvalue weighted by Gasteiger charge is -2.21. The van der Waals surface area contributed by atoms with Crippen LogP contribution in [-0.2, 0) is 4.79 Å². The van der Waals surface area contributed by atoms with Crippen LogP contribution in [0.4, 0.5) is 5.69 Å². The Balaban J connectivity index is 1.25. The molecule has 1 saturated carbocycles. The number of likely N-dealkylation sites (tertiary alicyclic amines) is 1. The third-order valence-electron chi connectivity index (χ3n) is 6.37. The van der Waals surface area contributed by atoms with Gasteiger partial charge in [-0.3, -0.25) is 9.69 Å². The molecule has 2 N–H and O–H groups in total. The van der Waals surface area contributed by atoms with E-state index in [0.29, 0.717) is 23.0 Å². The smallest absolute Gasteiger partial charge is 0.227 e. The number of nitrogens with zero attached hydrogens (tertiary/aromatic N) is 1. The summed E-state index contributed by atoms with van der Waals surface area (Å²) in [6, 6.07) is 13.1. The number of amides is 1. The molecule has 4 rings (SSSR count). The molecule has 2 atom stereocenters. The van der Waals surface area contributed by atoms with Crippen molar-refractivity contribution in [3.8, 4) is 11.5 Å². The molecule has 2 fully saturated rings. The van der Waals surface area contributed by atoms with Crippen LogP contribution in [0.1, 0.15) is 37.7 Å². The largest absolute Gasteiger partial charge is 0.489 e. The first-order valence-electron chi connectivity index (χ1n) is 11.8. The molecule has 0 bridgehead atoms. The van der Waals surface area contributed by atoms with Crippen molar-refractivity contribution in [1.29, 1.82) is 0 Å². The van der Waals surface area contributed by atoms with Gasteiger partial charge in [-0.2, -0.15) is 0 Å². The number of benzene rings is 2. The topological polar surface area (TPSA) is 71.0 Å². The highest BCUT2D eigenvalue weighted by Crippen LogP contribution is 2.30. The molecule has 33 heavy (non-hydrogen) atoms. The first-order chi connectivity index (χ1) is 16.0. The SMILES string of the molecule is Cc1ccc(NC(=O)C2CCCC2)c(OCC(O)CN2CCC(Oc3ccc(Cl)cc3)C2)c1. The van der Waals surface area contributed by atoms with Gasteiger partial charge in [-0.25, -0.2) is 0 Å². The van der Waals surface area contributed by atoms with Gasteiger partial charge in [0.2, 0.25) is 5.91 Å². The van der Waals surface area contributed by atoms with Gasteiger partial charge in [0.25, 0.3) is 0 Å². The summed E-state index contributed by atoms with van der Waals surface area (Å²) in [6.07, 6.45) is 4.49. The molecule has 0 spiro atoms. The molecule has 1 heterocycles. The van der Waals surface area contributed by atoms with E-state index >= 15 is 0 Å². The van der Waals surface area contributed by atoms with Gasteiger partial charge >= 0.3 is 0 Å². The van der Waals surface area contributed by atoms with Crippen molar-refractivity contribution in [2.75, 3.05) is 31.6 Å². The number of carbonyl (C=O) groups excluding carboxylic acids is 1. The fourth-order valence-corrected chi connectivity index (χ4v) is 4.70. The molecule has 178 valence electrons. The molecule has 1 saturated heterocycles. The van der Waals surface area contributed by atoms with Crippen LogP contribution in [0.5, 0.6) is 11.5 Å². The molecule has 1 aliphatic carbocycles. The quantitative estimate of drug-likeness (QED) is 0.555. The molecule has 2 aromatic carbocycles. The number of anilines is 1. The number of rotatable bonds is 9. The van der Waals surface area contributed by atoms with Crippen molar-refractivity contribution in [2.45, 2.75) is 51.2 Å². The minimum atomic E-state index is -0.641. The first kappa shape index (κ1) is 23.9. The van der Waals surface area contributed by atoms with E-state index in [1.54, 1.807) is 0 Å². The summed E-state index contributed by atoms with van der Waals surface area (Å²) in [7, 11) is 0. The molecule has 2 aliphatic rings. The van der Waals surface area contributed by atoms with Crippen LogP contribution >= 0.6 is 11.6 Å². The zero-order valence-corrected chi connectivity index (χ0v) is 19.9. The summed E-state index contributed by atoms with van der Waals surface area (Å²) in [4.78, 5) is 14.7. The Morgan fingerprint density at radius 3 is 2.70 bits per heavy atom. The van der Waals surface area contributed by atoms with E-state index in [1.165, 1.54) is 0 Å². The van der Waals surface area contributed by atoms with Gasteiger partial charge in [0.05, 0.1) is 5.69 Å². The summed E-state index contributed by atoms with van der Waals surface area (Å²) in [5, 5.41) is 14.3. The number of β-amino-alcohol motifs (C(OH)–C–C–N with tert-alkyl or cyclic N) is 1. The van der Waals surface area contributed by atoms with Gasteiger partial charge in [0.1, 0.15) is 30.3 Å². The second-order valence-electron chi connectivity index (χ2n) is 9.18. The molecule has 1 amide bonds. The van der Waals surface area contributed by atoms with Crippen LogP contribution in [0.15, 0.2) is 42.5 Å². The number of nitrogens with one attached hydrogen (secondary N) is 1. The van der Waals surface area contributed by atoms with Crippen molar-refractivity contribution >= 4 is 23.2 Å². The number of ether oxygens (including phenoxy) is 2. The third kappa shape index (κ3) is 6.85. The molecular formula is C26H33ClN2O4. The predicted molar refractivity (Wildman–Crippen MR) is 130 cm³/mol. The minimum absolute atomic E-state index is 0.0607. The minimum Gasteiger partial charge on any atom is -0.489 e. The Labute approximate surface area is 200 Å². The molecule has 2 unspecified atom stereocenters. The van der Waals surface area contributed by atoms with Crippen molar-refractivity contribution in [3.63, 3.8) is 0 Å². The maximum atomic E-state index is 12.6. The van der Waals surface area contributed by atoms with Gasteiger partial charge in [0.15, 0.2) is 0 Å². The molecule has 6 nitrogen and oxygen atoms in total. The van der Waals surface area contributed by atoms with E-state index in [2.05, 4.69) is 10.2 Å². The summed E-state index contributed by atoms with van der Waals surface area (Å²) >= 11 is 5.93. The van der Waals surface area contributed by atoms with Crippen molar-refractivity contribution < 1.29 is 19.4 Å². The van der Waals surface area contributed by atoms with E-state index < -0.39 is 6.10 Å². The number of aliphatic hydroxyl groups is 1. The number of hydrogen-bond acceptors (Lipinski definition) is 5. The zero-order chi connectivity index (χ0) is 23.2. The van der Waals surface area contributed by atoms with Crippen LogP contribution in [0.2, 0.25) is 5.02 Å². The van der Waals surface area contributed by atoms with Gasteiger partial charge in [0, 0.05) is 30.6 Å². The lowest BCUT2D eigenvalue weighted by Crippen LogP contribution is -2.35. The molecule has 0 radical (unpaired) electrons. The monoisotopic (exact) mass is 472 g/mol. The van der Waals surface area contributed by atoms with Gasteiger partial charge < -0.3 is 19.9 Å². The number of carbonyl (C=O) groups is 1. The Morgan fingerprint density at radius 1 is 1.18 bits per heavy atom. The zero-order valence-electron chi connectivity index (χ0n) is 19.1. The first-order valence-corrected chi connectivity index (χ1v) is 12.2. The highest BCUT2D eigenvalue weighted by Gasteiger charge is 2.26. The third-order valence-corrected chi connectivity index (χ3v) is 6.62. The maximum Gasteiger partial charge on any atom is 0.227 e. The Kier molecular flexibility index (Phi) is 8.12. The van der Waals surface area contributed by atoms with Gasteiger partial charge in [-0.15, -0.1) is 0 Å². The average molecular weight is 473 g/mol. The van der Waals surface area contributed by atoms with Crippen molar-refractivity contribution in [3.05, 3.63) is 53.1 Å². The average Bonchev–Trinajstić information content (AvgIpc) is 3.48. The Hall–Kier alpha value is -2.28. The van der Waals surface area contributed by atoms with Crippen LogP contribution in [-0.4, -0.2) is 54.4 Å². The maximum absolute atomic E-state index is 12.6. The van der Waals surface area contributed by atoms with Crippen LogP contribution in [0, 0.1) is 12.8 Å². The van der Waals surface area contributed by atoms with Crippen LogP contribution in [0.3, 0.4) is 0 Å². The molecule has 2 aromatic rings. The fourth-order valence-electron chi connectivity index (χ4n) is 4.58. The van der Waals surface area contributed by atoms with Crippen molar-refractivity contribution in [2.24, 2.45) is 5.92 Å². The van der Waals surface area contributed by atoms with Crippen molar-refractivity contribution in [1.82, 2.24) is 4.90 Å². The van der Waals surface area contributed by atoms with E-state index in [4.69, 9.17) is 21.1 Å². The highest BCUT2D eigenvalue weighted by atomic mass is 35.5. The van der Waals surface area contributed by atoms with E-state index in [9.17, 15) is 9.90 Å². The number of halogens is 1. The lowest BCUT2D eigenvalue weighted by molar-refractivity contribution is -0.119. The van der Waals surface area contributed by atoms with E-state index in [0.717, 1.165) is 56.5 Å². The molecule has 0 aromatic heterocycles. The van der Waals surface area contributed by atoms with E-state index in [-0.39, 0.29) is 24.5 Å². The fraction of sp³-hybridized carbons (Fsp3) is 0.500. The lowest BCUT2D eigenvalue weighted by atomic mass is 10.1. The summed E-state index contributed by atoms with van der Waals surface area (Å²) < 4.78 is 12.0. The standard InChI is InChI=1S/C26H33ClN2O4/c1-18-6-11-24(28-26(31)19-4-2-3-5-19)25(14-18)32-17-21(30)15-29-13-12-23(16-29)33-22-9-7-20(27)8-10-22/h6-11,14,19,21,23,30H,2-5,12-13,15-17H2,1H3,(H,28,31). The normalized spacial score (nSPS) is 20.0. The number of aryl methyl sites for hydroxylation is 1. The Bertz CT molecular complexity index is 930. The van der Waals surface area contributed by atoms with Crippen LogP contribution < -0.4 is 14.8 Å². The predicted octanol–water partition coefficient (Wildman–Crippen LogP) is 4.67. The number of hydrogen-bond donors (Lipinski definition) is 2. The Morgan fingerprint density at radius 2 is 1.94 bits per heavy atom. The van der Waals surface area contributed by atoms with Gasteiger partial charge in [-0.1, -0.05) is 30.5 Å². The van der Waals surface area contributed by atoms with E-state index in [1.807, 2.05) is 49.4 Å². The molecule has 7 heteroatoms. The second-order valence-corrected chi connectivity index (χ2v) is 9.61. The number of aliphatic hydroxyl groups excluding tert-OH is 1. The van der Waals surface area contributed by atoms with Crippen LogP contribution in [0.25, 0.3) is 0 Å². The molecule has 1 aliphatic heterocycles. The highest BCUT2D eigenvalue weighted by molar-refractivity contribution is 6.30. The summed E-state index contributed by atoms with van der Waals surface area (Å²) in [5.74, 6) is 1.56. The summed E-state index contributed by atoms with van der Waals surface area (Å²) in [5.41, 5.74) is 1.71. The second kappa shape index (κ2) is 11.2. The molecular weight excluding hydrogens is 440 g/mol. The summed E-state index contributed by atoms with van der Waals surface area (Å²) in [6.45, 7) is 4.28. The van der Waals surface area contributed by atoms with Gasteiger partial charge in [-0.05, 0) is 68.1 Å².